The van der Waals surface area contributed by atoms with Crippen molar-refractivity contribution >= 4 is 50.4 Å². The first kappa shape index (κ1) is 36.0. The van der Waals surface area contributed by atoms with E-state index < -0.39 is 57.7 Å². The van der Waals surface area contributed by atoms with Crippen LogP contribution >= 0.6 is 11.3 Å². The number of β-lactam (4-membered cyclic amide) rings is 1. The molecule has 2 aromatic heterocycles. The Hall–Kier alpha value is -4.83. The number of hydrogen-bond donors (Lipinski definition) is 6. The number of hydrogen-bond acceptors (Lipinski definition) is 14. The zero-order valence-corrected chi connectivity index (χ0v) is 27.9. The van der Waals surface area contributed by atoms with Crippen LogP contribution in [0.2, 0.25) is 0 Å². The number of ether oxygens (including phenoxy) is 1. The number of nitrogen functional groups attached to an aromatic ring is 1. The molecule has 1 aliphatic rings. The molecule has 1 fully saturated rings. The highest BCUT2D eigenvalue weighted by Gasteiger charge is 2.58. The number of carbonyl (C=O) groups is 3. The van der Waals surface area contributed by atoms with Crippen molar-refractivity contribution < 1.29 is 46.3 Å². The summed E-state index contributed by atoms with van der Waals surface area (Å²) in [5, 5.41) is 26.2. The van der Waals surface area contributed by atoms with E-state index >= 15 is 0 Å². The quantitative estimate of drug-likeness (QED) is 0.0519. The minimum atomic E-state index is -5.03. The third kappa shape index (κ3) is 7.65. The van der Waals surface area contributed by atoms with E-state index in [9.17, 15) is 27.9 Å². The SMILES string of the molecule is Cn1c(-c2ccc(OC[C@](C)(O/N=C(\C(=O)N[C@@H]3C(=O)N(OS(=O)(=O)O)C3(C)C)c3csc(N)n3)C(=O)O)cc2)cn(CCCN)c1=N. The van der Waals surface area contributed by atoms with Gasteiger partial charge in [0.15, 0.2) is 10.8 Å². The smallest absolute Gasteiger partial charge is 0.418 e. The summed E-state index contributed by atoms with van der Waals surface area (Å²) >= 11 is 0.950. The van der Waals surface area contributed by atoms with E-state index in [0.717, 1.165) is 29.0 Å². The van der Waals surface area contributed by atoms with Crippen molar-refractivity contribution in [3.63, 3.8) is 0 Å². The number of thiazole rings is 1. The lowest BCUT2D eigenvalue weighted by atomic mass is 9.84. The Kier molecular flexibility index (Phi) is 10.3. The molecule has 0 radical (unpaired) electrons. The zero-order chi connectivity index (χ0) is 35.6. The molecule has 21 heteroatoms. The van der Waals surface area contributed by atoms with E-state index in [2.05, 4.69) is 19.7 Å². The van der Waals surface area contributed by atoms with Gasteiger partial charge in [-0.15, -0.1) is 15.6 Å². The molecule has 3 heterocycles. The topological polar surface area (TPSA) is 280 Å². The van der Waals surface area contributed by atoms with Gasteiger partial charge in [-0.3, -0.25) is 19.6 Å². The van der Waals surface area contributed by atoms with Crippen LogP contribution in [0, 0.1) is 5.41 Å². The van der Waals surface area contributed by atoms with Gasteiger partial charge in [0.05, 0.1) is 11.2 Å². The van der Waals surface area contributed by atoms with Gasteiger partial charge in [0.25, 0.3) is 17.4 Å². The third-order valence-corrected chi connectivity index (χ3v) is 8.40. The Morgan fingerprint density at radius 3 is 2.48 bits per heavy atom. The molecule has 1 aromatic carbocycles. The molecule has 0 unspecified atom stereocenters. The molecule has 1 saturated heterocycles. The van der Waals surface area contributed by atoms with Gasteiger partial charge in [-0.05, 0) is 63.6 Å². The van der Waals surface area contributed by atoms with Crippen molar-refractivity contribution in [2.45, 2.75) is 50.9 Å². The minimum Gasteiger partial charge on any atom is -0.489 e. The highest BCUT2D eigenvalue weighted by atomic mass is 32.3. The number of nitrogens with zero attached hydrogens (tertiary/aromatic N) is 5. The van der Waals surface area contributed by atoms with Crippen LogP contribution in [-0.2, 0) is 47.5 Å². The Labute approximate surface area is 278 Å². The normalized spacial score (nSPS) is 17.4. The summed E-state index contributed by atoms with van der Waals surface area (Å²) in [5.74, 6) is -3.23. The lowest BCUT2D eigenvalue weighted by molar-refractivity contribution is -0.218. The number of aromatic nitrogens is 3. The zero-order valence-electron chi connectivity index (χ0n) is 26.2. The number of aliphatic carboxylic acids is 1. The van der Waals surface area contributed by atoms with Crippen molar-refractivity contribution in [2.75, 3.05) is 18.9 Å². The summed E-state index contributed by atoms with van der Waals surface area (Å²) in [6.07, 6.45) is 2.56. The van der Waals surface area contributed by atoms with Crippen LogP contribution in [0.15, 0.2) is 41.0 Å². The number of carboxylic acid groups (broad SMARTS) is 1. The summed E-state index contributed by atoms with van der Waals surface area (Å²) in [5.41, 5.74) is 8.95. The Bertz CT molecular complexity index is 1900. The molecule has 260 valence electrons. The first-order valence-electron chi connectivity index (χ1n) is 14.1. The number of aryl methyl sites for hydroxylation is 1. The maximum atomic E-state index is 13.3. The number of benzene rings is 1. The summed E-state index contributed by atoms with van der Waals surface area (Å²) in [4.78, 5) is 47.5. The first-order valence-corrected chi connectivity index (χ1v) is 16.4. The van der Waals surface area contributed by atoms with Crippen LogP contribution in [0.5, 0.6) is 5.75 Å². The number of carbonyl (C=O) groups excluding carboxylic acids is 2. The maximum Gasteiger partial charge on any atom is 0.418 e. The monoisotopic (exact) mass is 709 g/mol. The number of rotatable bonds is 15. The van der Waals surface area contributed by atoms with Gasteiger partial charge >= 0.3 is 16.4 Å². The average Bonchev–Trinajstić information content (AvgIpc) is 3.58. The van der Waals surface area contributed by atoms with Crippen LogP contribution in [0.4, 0.5) is 5.13 Å². The van der Waals surface area contributed by atoms with Gasteiger partial charge < -0.3 is 40.6 Å². The van der Waals surface area contributed by atoms with E-state index in [1.165, 1.54) is 26.2 Å². The number of nitrogens with one attached hydrogen (secondary N) is 2. The van der Waals surface area contributed by atoms with Crippen molar-refractivity contribution in [2.24, 2.45) is 17.9 Å². The fraction of sp³-hybridized carbons (Fsp3) is 0.407. The molecule has 2 atom stereocenters. The molecule has 3 aromatic rings. The summed E-state index contributed by atoms with van der Waals surface area (Å²) in [6.45, 7) is 4.42. The van der Waals surface area contributed by atoms with Crippen LogP contribution in [0.1, 0.15) is 32.9 Å². The van der Waals surface area contributed by atoms with Crippen LogP contribution in [-0.4, -0.2) is 91.1 Å². The Balaban J connectivity index is 1.50. The van der Waals surface area contributed by atoms with Crippen LogP contribution < -0.4 is 27.1 Å². The van der Waals surface area contributed by atoms with Crippen molar-refractivity contribution in [3.05, 3.63) is 47.2 Å². The third-order valence-electron chi connectivity index (χ3n) is 7.39. The van der Waals surface area contributed by atoms with Gasteiger partial charge in [0.2, 0.25) is 5.62 Å². The number of hydroxylamine groups is 2. The molecule has 19 nitrogen and oxygen atoms in total. The second-order valence-corrected chi connectivity index (χ2v) is 13.3. The molecule has 48 heavy (non-hydrogen) atoms. The number of carboxylic acids is 1. The number of amides is 2. The largest absolute Gasteiger partial charge is 0.489 e. The van der Waals surface area contributed by atoms with Gasteiger partial charge in [0, 0.05) is 25.2 Å². The molecule has 4 rings (SSSR count). The number of anilines is 1. The van der Waals surface area contributed by atoms with Crippen molar-refractivity contribution in [3.8, 4) is 17.0 Å². The second-order valence-electron chi connectivity index (χ2n) is 11.4. The first-order chi connectivity index (χ1) is 22.4. The molecule has 0 bridgehead atoms. The summed E-state index contributed by atoms with van der Waals surface area (Å²) < 4.78 is 44.7. The molecule has 1 aliphatic heterocycles. The number of oxime groups is 1. The van der Waals surface area contributed by atoms with E-state index in [1.807, 2.05) is 6.20 Å². The Morgan fingerprint density at radius 1 is 1.27 bits per heavy atom. The van der Waals surface area contributed by atoms with Crippen molar-refractivity contribution in [1.29, 1.82) is 5.41 Å². The second kappa shape index (κ2) is 13.7. The summed E-state index contributed by atoms with van der Waals surface area (Å²) in [6, 6.07) is 5.38. The lowest BCUT2D eigenvalue weighted by Crippen LogP contribution is -2.76. The fourth-order valence-corrected chi connectivity index (χ4v) is 5.54. The number of nitrogens with two attached hydrogens (primary N) is 2. The van der Waals surface area contributed by atoms with Crippen LogP contribution in [0.25, 0.3) is 11.3 Å². The number of imidazole rings is 1. The minimum absolute atomic E-state index is 0.0470. The van der Waals surface area contributed by atoms with Crippen molar-refractivity contribution in [1.82, 2.24) is 24.5 Å². The predicted octanol–water partition coefficient (Wildman–Crippen LogP) is -0.156. The van der Waals surface area contributed by atoms with E-state index in [-0.39, 0.29) is 10.8 Å². The lowest BCUT2D eigenvalue weighted by Gasteiger charge is -2.50. The molecule has 8 N–H and O–H groups in total. The van der Waals surface area contributed by atoms with Gasteiger partial charge in [-0.1, -0.05) is 5.16 Å². The standard InChI is InChI=1S/C27H35N9O10S2/c1-26(2)20(22(38)36(26)46-48(41,42)43)32-21(37)19(17-13-47-24(29)31-17)33-45-27(3,23(39)40)14-44-16-8-6-15(7-9-16)18-12-35(11-5-10-28)25(30)34(18)4/h6-9,12-13,20,30H,5,10-11,14,28H2,1-4H3,(H2,29,31)(H,32,37)(H,39,40)(H,41,42,43)/b30-25?,33-19-/t20-,27+/m1/s1. The Morgan fingerprint density at radius 2 is 1.94 bits per heavy atom. The van der Waals surface area contributed by atoms with E-state index in [1.54, 1.807) is 40.4 Å². The molecule has 2 amide bonds. The molecule has 0 saturated carbocycles. The molecular weight excluding hydrogens is 674 g/mol. The van der Waals surface area contributed by atoms with Crippen LogP contribution in [0.3, 0.4) is 0 Å². The summed E-state index contributed by atoms with van der Waals surface area (Å²) in [7, 11) is -3.26. The highest BCUT2D eigenvalue weighted by molar-refractivity contribution is 7.80. The average molecular weight is 710 g/mol. The predicted molar refractivity (Wildman–Crippen MR) is 170 cm³/mol. The molecular formula is C27H35N9O10S2. The van der Waals surface area contributed by atoms with E-state index in [4.69, 9.17) is 31.0 Å². The highest BCUT2D eigenvalue weighted by Crippen LogP contribution is 2.33. The fourth-order valence-electron chi connectivity index (χ4n) is 4.54. The van der Waals surface area contributed by atoms with E-state index in [0.29, 0.717) is 29.5 Å². The molecule has 0 spiro atoms. The van der Waals surface area contributed by atoms with Gasteiger partial charge in [-0.25, -0.2) is 9.78 Å². The van der Waals surface area contributed by atoms with Gasteiger partial charge in [0.1, 0.15) is 24.1 Å². The maximum absolute atomic E-state index is 13.3. The van der Waals surface area contributed by atoms with Gasteiger partial charge in [-0.2, -0.15) is 13.5 Å². The molecule has 0 aliphatic carbocycles.